The van der Waals surface area contributed by atoms with E-state index in [4.69, 9.17) is 17.3 Å². The quantitative estimate of drug-likeness (QED) is 0.854. The van der Waals surface area contributed by atoms with Gasteiger partial charge in [0.05, 0.1) is 0 Å². The summed E-state index contributed by atoms with van der Waals surface area (Å²) < 4.78 is 0. The second-order valence-corrected chi connectivity index (χ2v) is 6.82. The molecule has 1 aliphatic heterocycles. The van der Waals surface area contributed by atoms with E-state index in [1.54, 1.807) is 0 Å². The smallest absolute Gasteiger partial charge is 0.0441 e. The zero-order valence-electron chi connectivity index (χ0n) is 13.7. The fraction of sp³-hybridized carbons (Fsp3) is 0.667. The highest BCUT2D eigenvalue weighted by Gasteiger charge is 2.40. The van der Waals surface area contributed by atoms with Crippen molar-refractivity contribution in [2.24, 2.45) is 5.73 Å². The van der Waals surface area contributed by atoms with Gasteiger partial charge in [0.25, 0.3) is 0 Å². The van der Waals surface area contributed by atoms with Crippen molar-refractivity contribution in [1.82, 2.24) is 4.90 Å². The third-order valence-electron chi connectivity index (χ3n) is 5.30. The van der Waals surface area contributed by atoms with Crippen LogP contribution >= 0.6 is 11.6 Å². The van der Waals surface area contributed by atoms with Gasteiger partial charge in [0.2, 0.25) is 0 Å². The first-order valence-corrected chi connectivity index (χ1v) is 8.67. The highest BCUT2D eigenvalue weighted by Crippen LogP contribution is 2.33. The zero-order valence-corrected chi connectivity index (χ0v) is 14.4. The molecule has 21 heavy (non-hydrogen) atoms. The highest BCUT2D eigenvalue weighted by atomic mass is 35.5. The van der Waals surface area contributed by atoms with Crippen LogP contribution < -0.4 is 5.73 Å². The third kappa shape index (κ3) is 3.44. The minimum atomic E-state index is 0.116. The number of aryl methyl sites for hydroxylation is 1. The van der Waals surface area contributed by atoms with Crippen molar-refractivity contribution in [3.05, 3.63) is 34.3 Å². The first-order chi connectivity index (χ1) is 10.0. The number of nitrogens with two attached hydrogens (primary N) is 1. The van der Waals surface area contributed by atoms with E-state index < -0.39 is 0 Å². The summed E-state index contributed by atoms with van der Waals surface area (Å²) in [7, 11) is 0. The summed E-state index contributed by atoms with van der Waals surface area (Å²) in [6, 6.07) is 6.44. The van der Waals surface area contributed by atoms with E-state index >= 15 is 0 Å². The Bertz CT molecular complexity index is 462. The highest BCUT2D eigenvalue weighted by molar-refractivity contribution is 6.31. The molecule has 1 aromatic rings. The predicted octanol–water partition coefficient (Wildman–Crippen LogP) is 4.17. The minimum absolute atomic E-state index is 0.116. The van der Waals surface area contributed by atoms with Gasteiger partial charge in [-0.1, -0.05) is 37.6 Å². The Morgan fingerprint density at radius 1 is 1.24 bits per heavy atom. The fourth-order valence-corrected chi connectivity index (χ4v) is 4.18. The number of halogens is 1. The predicted molar refractivity (Wildman–Crippen MR) is 92.0 cm³/mol. The molecule has 1 heterocycles. The zero-order chi connectivity index (χ0) is 15.5. The summed E-state index contributed by atoms with van der Waals surface area (Å²) >= 11 is 6.40. The van der Waals surface area contributed by atoms with Crippen LogP contribution in [0.4, 0.5) is 0 Å². The normalized spacial score (nSPS) is 18.1. The van der Waals surface area contributed by atoms with Crippen LogP contribution in [0.1, 0.15) is 50.7 Å². The summed E-state index contributed by atoms with van der Waals surface area (Å²) in [6.45, 7) is 9.01. The number of hydrogen-bond donors (Lipinski definition) is 1. The third-order valence-corrected chi connectivity index (χ3v) is 5.65. The molecule has 0 amide bonds. The van der Waals surface area contributed by atoms with Crippen LogP contribution in [-0.2, 0) is 6.42 Å². The van der Waals surface area contributed by atoms with E-state index in [0.717, 1.165) is 24.3 Å². The second kappa shape index (κ2) is 7.13. The van der Waals surface area contributed by atoms with Crippen LogP contribution in [-0.4, -0.2) is 29.6 Å². The lowest BCUT2D eigenvalue weighted by Crippen LogP contribution is -2.59. The summed E-state index contributed by atoms with van der Waals surface area (Å²) in [5.74, 6) is 0. The van der Waals surface area contributed by atoms with Crippen LogP contribution in [0.25, 0.3) is 0 Å². The average molecular weight is 309 g/mol. The molecule has 1 aliphatic rings. The molecule has 1 aromatic carbocycles. The summed E-state index contributed by atoms with van der Waals surface area (Å²) in [6.07, 6.45) is 5.68. The number of benzene rings is 1. The molecule has 0 saturated carbocycles. The molecular formula is C18H29ClN2. The molecule has 1 fully saturated rings. The topological polar surface area (TPSA) is 29.3 Å². The number of nitrogens with zero attached hydrogens (tertiary/aromatic N) is 1. The van der Waals surface area contributed by atoms with E-state index in [0.29, 0.717) is 0 Å². The van der Waals surface area contributed by atoms with E-state index in [9.17, 15) is 0 Å². The van der Waals surface area contributed by atoms with E-state index in [-0.39, 0.29) is 11.6 Å². The standard InChI is InChI=1S/C18H29ClN2/c1-4-18(5-2,21-10-6-7-11-21)17(20)13-15-9-8-14(3)12-16(15)19/h8-9,12,17H,4-7,10-11,13,20H2,1-3H3. The lowest BCUT2D eigenvalue weighted by atomic mass is 9.80. The van der Waals surface area contributed by atoms with Gasteiger partial charge in [-0.2, -0.15) is 0 Å². The van der Waals surface area contributed by atoms with Crippen LogP contribution in [0, 0.1) is 6.92 Å². The maximum Gasteiger partial charge on any atom is 0.0441 e. The molecule has 1 unspecified atom stereocenters. The summed E-state index contributed by atoms with van der Waals surface area (Å²) in [5.41, 5.74) is 9.19. The van der Waals surface area contributed by atoms with Crippen molar-refractivity contribution < 1.29 is 0 Å². The first kappa shape index (κ1) is 16.8. The van der Waals surface area contributed by atoms with E-state index in [1.807, 2.05) is 6.07 Å². The van der Waals surface area contributed by atoms with Gasteiger partial charge in [-0.25, -0.2) is 0 Å². The van der Waals surface area contributed by atoms with E-state index in [1.165, 1.54) is 37.1 Å². The average Bonchev–Trinajstić information content (AvgIpc) is 2.99. The number of likely N-dealkylation sites (tertiary alicyclic amines) is 1. The molecule has 0 spiro atoms. The molecule has 2 N–H and O–H groups in total. The largest absolute Gasteiger partial charge is 0.326 e. The molecule has 0 aromatic heterocycles. The lowest BCUT2D eigenvalue weighted by molar-refractivity contribution is 0.0768. The van der Waals surface area contributed by atoms with Crippen molar-refractivity contribution in [3.8, 4) is 0 Å². The monoisotopic (exact) mass is 308 g/mol. The van der Waals surface area contributed by atoms with Crippen molar-refractivity contribution in [2.45, 2.75) is 64.5 Å². The van der Waals surface area contributed by atoms with Crippen LogP contribution in [0.5, 0.6) is 0 Å². The van der Waals surface area contributed by atoms with Gasteiger partial charge in [0.1, 0.15) is 0 Å². The maximum absolute atomic E-state index is 6.69. The van der Waals surface area contributed by atoms with Gasteiger partial charge in [-0.05, 0) is 69.3 Å². The van der Waals surface area contributed by atoms with Gasteiger partial charge >= 0.3 is 0 Å². The van der Waals surface area contributed by atoms with Gasteiger partial charge in [0, 0.05) is 16.6 Å². The molecule has 1 atom stereocenters. The Hall–Kier alpha value is -0.570. The summed E-state index contributed by atoms with van der Waals surface area (Å²) in [4.78, 5) is 2.62. The Kier molecular flexibility index (Phi) is 5.70. The fourth-order valence-electron chi connectivity index (χ4n) is 3.86. The molecule has 3 heteroatoms. The van der Waals surface area contributed by atoms with Crippen molar-refractivity contribution in [2.75, 3.05) is 13.1 Å². The van der Waals surface area contributed by atoms with Gasteiger partial charge in [0.15, 0.2) is 0 Å². The Balaban J connectivity index is 2.20. The second-order valence-electron chi connectivity index (χ2n) is 6.41. The van der Waals surface area contributed by atoms with Crippen molar-refractivity contribution in [3.63, 3.8) is 0 Å². The van der Waals surface area contributed by atoms with Gasteiger partial charge in [-0.3, -0.25) is 4.90 Å². The van der Waals surface area contributed by atoms with Crippen molar-refractivity contribution >= 4 is 11.6 Å². The number of rotatable bonds is 6. The van der Waals surface area contributed by atoms with E-state index in [2.05, 4.69) is 37.8 Å². The number of hydrogen-bond acceptors (Lipinski definition) is 2. The van der Waals surface area contributed by atoms with Crippen LogP contribution in [0.15, 0.2) is 18.2 Å². The van der Waals surface area contributed by atoms with Crippen LogP contribution in [0.3, 0.4) is 0 Å². The molecular weight excluding hydrogens is 280 g/mol. The molecule has 2 rings (SSSR count). The molecule has 118 valence electrons. The summed E-state index contributed by atoms with van der Waals surface area (Å²) in [5, 5.41) is 0.855. The lowest BCUT2D eigenvalue weighted by Gasteiger charge is -2.45. The van der Waals surface area contributed by atoms with Crippen molar-refractivity contribution in [1.29, 1.82) is 0 Å². The van der Waals surface area contributed by atoms with Gasteiger partial charge < -0.3 is 5.73 Å². The Morgan fingerprint density at radius 2 is 1.86 bits per heavy atom. The molecule has 1 saturated heterocycles. The molecule has 0 aliphatic carbocycles. The van der Waals surface area contributed by atoms with Gasteiger partial charge in [-0.15, -0.1) is 0 Å². The minimum Gasteiger partial charge on any atom is -0.326 e. The first-order valence-electron chi connectivity index (χ1n) is 8.29. The van der Waals surface area contributed by atoms with Crippen LogP contribution in [0.2, 0.25) is 5.02 Å². The molecule has 0 radical (unpaired) electrons. The molecule has 0 bridgehead atoms. The maximum atomic E-state index is 6.69. The molecule has 2 nitrogen and oxygen atoms in total. The SMILES string of the molecule is CCC(CC)(C(N)Cc1ccc(C)cc1Cl)N1CCCC1. The Labute approximate surface area is 134 Å². The Morgan fingerprint density at radius 3 is 2.38 bits per heavy atom.